The van der Waals surface area contributed by atoms with Gasteiger partial charge in [-0.05, 0) is 36.5 Å². The molecular formula is C24H31N5O2S. The molecule has 1 aliphatic heterocycles. The minimum Gasteiger partial charge on any atom is -0.397 e. The summed E-state index contributed by atoms with van der Waals surface area (Å²) >= 11 is 1.28. The lowest BCUT2D eigenvalue weighted by molar-refractivity contribution is 0.100. The smallest absolute Gasteiger partial charge is 0.260 e. The molecule has 0 radical (unpaired) electrons. The summed E-state index contributed by atoms with van der Waals surface area (Å²) in [6.07, 6.45) is 3.31. The number of anilines is 2. The van der Waals surface area contributed by atoms with E-state index in [1.54, 1.807) is 0 Å². The van der Waals surface area contributed by atoms with Gasteiger partial charge in [0.2, 0.25) is 0 Å². The zero-order chi connectivity index (χ0) is 22.7. The van der Waals surface area contributed by atoms with Crippen molar-refractivity contribution in [3.05, 3.63) is 52.4 Å². The first-order valence-electron chi connectivity index (χ1n) is 11.2. The Morgan fingerprint density at radius 1 is 1.31 bits per heavy atom. The molecule has 1 amide bonds. The molecule has 1 saturated heterocycles. The number of primary amides is 1. The number of thiophene rings is 1. The Kier molecular flexibility index (Phi) is 6.93. The zero-order valence-corrected chi connectivity index (χ0v) is 19.2. The van der Waals surface area contributed by atoms with Crippen molar-refractivity contribution in [2.75, 3.05) is 30.3 Å². The fourth-order valence-corrected chi connectivity index (χ4v) is 5.37. The van der Waals surface area contributed by atoms with Gasteiger partial charge in [-0.2, -0.15) is 0 Å². The van der Waals surface area contributed by atoms with Crippen molar-refractivity contribution in [2.45, 2.75) is 44.8 Å². The Morgan fingerprint density at radius 2 is 2.03 bits per heavy atom. The fraction of sp³-hybridized carbons (Fsp3) is 0.417. The number of piperidine rings is 1. The van der Waals surface area contributed by atoms with E-state index in [9.17, 15) is 9.90 Å². The molecule has 2 aromatic heterocycles. The lowest BCUT2D eigenvalue weighted by Gasteiger charge is -2.34. The van der Waals surface area contributed by atoms with Gasteiger partial charge < -0.3 is 26.8 Å². The second-order valence-corrected chi connectivity index (χ2v) is 9.37. The van der Waals surface area contributed by atoms with Crippen LogP contribution in [0.1, 0.15) is 53.1 Å². The Balaban J connectivity index is 1.43. The average molecular weight is 454 g/mol. The van der Waals surface area contributed by atoms with Gasteiger partial charge in [0.1, 0.15) is 15.5 Å². The molecule has 3 heterocycles. The molecule has 0 spiro atoms. The summed E-state index contributed by atoms with van der Waals surface area (Å²) in [6, 6.07) is 12.2. The van der Waals surface area contributed by atoms with Crippen LogP contribution in [-0.4, -0.2) is 41.7 Å². The van der Waals surface area contributed by atoms with Crippen molar-refractivity contribution in [3.63, 3.8) is 0 Å². The maximum atomic E-state index is 11.8. The molecule has 1 aromatic carbocycles. The molecule has 170 valence electrons. The molecule has 1 fully saturated rings. The van der Waals surface area contributed by atoms with Gasteiger partial charge >= 0.3 is 0 Å². The molecular weight excluding hydrogens is 422 g/mol. The van der Waals surface area contributed by atoms with Crippen molar-refractivity contribution in [1.29, 1.82) is 0 Å². The first kappa shape index (κ1) is 22.5. The Hall–Kier alpha value is -2.68. The number of benzene rings is 1. The second kappa shape index (κ2) is 9.85. The maximum absolute atomic E-state index is 11.8. The number of hydrogen-bond donors (Lipinski definition) is 4. The average Bonchev–Trinajstić information content (AvgIpc) is 3.15. The summed E-state index contributed by atoms with van der Waals surface area (Å²) in [5.74, 6) is 0.431. The Bertz CT molecular complexity index is 1080. The van der Waals surface area contributed by atoms with Crippen molar-refractivity contribution >= 4 is 39.0 Å². The molecule has 6 N–H and O–H groups in total. The lowest BCUT2D eigenvalue weighted by atomic mass is 10.0. The van der Waals surface area contributed by atoms with E-state index in [-0.39, 0.29) is 0 Å². The van der Waals surface area contributed by atoms with E-state index in [1.807, 2.05) is 30.3 Å². The number of aromatic nitrogens is 1. The number of fused-ring (bicyclic) bond motifs is 1. The summed E-state index contributed by atoms with van der Waals surface area (Å²) in [7, 11) is 0. The third-order valence-corrected chi connectivity index (χ3v) is 7.23. The van der Waals surface area contributed by atoms with Gasteiger partial charge in [-0.15, -0.1) is 11.3 Å². The summed E-state index contributed by atoms with van der Waals surface area (Å²) in [4.78, 5) is 20.1. The molecule has 1 atom stereocenters. The van der Waals surface area contributed by atoms with Gasteiger partial charge in [0.15, 0.2) is 0 Å². The summed E-state index contributed by atoms with van der Waals surface area (Å²) in [6.45, 7) is 4.44. The number of nitrogens with one attached hydrogen (secondary N) is 1. The number of nitrogen functional groups attached to an aromatic ring is 1. The fourth-order valence-electron chi connectivity index (χ4n) is 4.38. The molecule has 3 aromatic rings. The lowest BCUT2D eigenvalue weighted by Crippen LogP contribution is -2.44. The third kappa shape index (κ3) is 4.72. The van der Waals surface area contributed by atoms with Crippen LogP contribution in [0.4, 0.5) is 11.5 Å². The van der Waals surface area contributed by atoms with Crippen molar-refractivity contribution in [3.8, 4) is 0 Å². The minimum atomic E-state index is -0.501. The highest BCUT2D eigenvalue weighted by Gasteiger charge is 2.24. The van der Waals surface area contributed by atoms with Gasteiger partial charge in [-0.1, -0.05) is 43.7 Å². The number of nitrogens with two attached hydrogens (primary N) is 2. The van der Waals surface area contributed by atoms with Crippen LogP contribution in [0.5, 0.6) is 0 Å². The highest BCUT2D eigenvalue weighted by Crippen LogP contribution is 2.37. The van der Waals surface area contributed by atoms with E-state index < -0.39 is 12.0 Å². The van der Waals surface area contributed by atoms with Gasteiger partial charge in [0.05, 0.1) is 11.8 Å². The molecule has 7 nitrogen and oxygen atoms in total. The SMILES string of the molecule is CCCc1cc(N2CCC(NC[C@H](O)c3ccccc3)CC2)nc2sc(C(N)=O)c(N)c12. The normalized spacial score (nSPS) is 15.9. The van der Waals surface area contributed by atoms with Crippen molar-refractivity contribution in [1.82, 2.24) is 10.3 Å². The maximum Gasteiger partial charge on any atom is 0.260 e. The van der Waals surface area contributed by atoms with Crippen LogP contribution in [0, 0.1) is 0 Å². The number of rotatable bonds is 8. The van der Waals surface area contributed by atoms with Gasteiger partial charge in [0, 0.05) is 31.1 Å². The number of carbonyl (C=O) groups is 1. The van der Waals surface area contributed by atoms with Crippen LogP contribution in [0.25, 0.3) is 10.2 Å². The van der Waals surface area contributed by atoms with Gasteiger partial charge in [-0.3, -0.25) is 4.79 Å². The molecule has 0 aliphatic carbocycles. The number of hydrogen-bond acceptors (Lipinski definition) is 7. The predicted octanol–water partition coefficient (Wildman–Crippen LogP) is 3.22. The molecule has 0 bridgehead atoms. The summed E-state index contributed by atoms with van der Waals surface area (Å²) in [5.41, 5.74) is 14.3. The third-order valence-electron chi connectivity index (χ3n) is 6.11. The summed E-state index contributed by atoms with van der Waals surface area (Å²) in [5, 5.41) is 14.8. The molecule has 4 rings (SSSR count). The molecule has 0 unspecified atom stereocenters. The van der Waals surface area contributed by atoms with Gasteiger partial charge in [0.25, 0.3) is 5.91 Å². The van der Waals surface area contributed by atoms with E-state index in [0.717, 1.165) is 65.9 Å². The first-order valence-corrected chi connectivity index (χ1v) is 12.0. The molecule has 1 aliphatic rings. The van der Waals surface area contributed by atoms with Crippen molar-refractivity contribution < 1.29 is 9.90 Å². The highest BCUT2D eigenvalue weighted by atomic mass is 32.1. The van der Waals surface area contributed by atoms with E-state index in [1.165, 1.54) is 11.3 Å². The van der Waals surface area contributed by atoms with Crippen LogP contribution >= 0.6 is 11.3 Å². The zero-order valence-electron chi connectivity index (χ0n) is 18.4. The number of aliphatic hydroxyl groups is 1. The number of amides is 1. The van der Waals surface area contributed by atoms with E-state index in [0.29, 0.717) is 23.2 Å². The van der Waals surface area contributed by atoms with Crippen LogP contribution in [-0.2, 0) is 6.42 Å². The van der Waals surface area contributed by atoms with Crippen LogP contribution in [0.2, 0.25) is 0 Å². The number of pyridine rings is 1. The van der Waals surface area contributed by atoms with E-state index in [2.05, 4.69) is 23.2 Å². The van der Waals surface area contributed by atoms with Crippen molar-refractivity contribution in [2.24, 2.45) is 5.73 Å². The molecule has 8 heteroatoms. The van der Waals surface area contributed by atoms with E-state index >= 15 is 0 Å². The highest BCUT2D eigenvalue weighted by molar-refractivity contribution is 7.21. The standard InChI is InChI=1S/C24H31N5O2S/c1-2-6-16-13-19(28-24-20(16)21(25)22(32-24)23(26)31)29-11-9-17(10-12-29)27-14-18(30)15-7-4-3-5-8-15/h3-5,7-8,13,17-18,27,30H,2,6,9-12,14,25H2,1H3,(H2,26,31)/t18-/m0/s1. The monoisotopic (exact) mass is 453 g/mol. The van der Waals surface area contributed by atoms with Crippen LogP contribution < -0.4 is 21.7 Å². The number of aliphatic hydroxyl groups excluding tert-OH is 1. The number of aryl methyl sites for hydroxylation is 1. The number of nitrogens with zero attached hydrogens (tertiary/aromatic N) is 2. The molecule has 0 saturated carbocycles. The molecule has 32 heavy (non-hydrogen) atoms. The largest absolute Gasteiger partial charge is 0.397 e. The topological polar surface area (TPSA) is 117 Å². The van der Waals surface area contributed by atoms with Crippen LogP contribution in [0.3, 0.4) is 0 Å². The second-order valence-electron chi connectivity index (χ2n) is 8.37. The minimum absolute atomic E-state index is 0.363. The Morgan fingerprint density at radius 3 is 2.69 bits per heavy atom. The van der Waals surface area contributed by atoms with Gasteiger partial charge in [-0.25, -0.2) is 4.98 Å². The number of carbonyl (C=O) groups excluding carboxylic acids is 1. The predicted molar refractivity (Wildman–Crippen MR) is 131 cm³/mol. The first-order chi connectivity index (χ1) is 15.5. The quantitative estimate of drug-likeness (QED) is 0.416. The van der Waals surface area contributed by atoms with E-state index in [4.69, 9.17) is 16.5 Å². The summed E-state index contributed by atoms with van der Waals surface area (Å²) < 4.78 is 0. The van der Waals surface area contributed by atoms with Crippen LogP contribution in [0.15, 0.2) is 36.4 Å². The Labute approximate surface area is 192 Å².